The van der Waals surface area contributed by atoms with E-state index in [0.717, 1.165) is 22.2 Å². The molecule has 0 radical (unpaired) electrons. The summed E-state index contributed by atoms with van der Waals surface area (Å²) in [5, 5.41) is 4.54. The number of rotatable bonds is 3. The van der Waals surface area contributed by atoms with Crippen molar-refractivity contribution in [3.05, 3.63) is 55.0 Å². The molecule has 2 aromatic heterocycles. The predicted octanol–water partition coefficient (Wildman–Crippen LogP) is 4.69. The average molecular weight is 447 g/mol. The highest BCUT2D eigenvalue weighted by atomic mass is 16.7. The Morgan fingerprint density at radius 2 is 1.52 bits per heavy atom. The van der Waals surface area contributed by atoms with Crippen molar-refractivity contribution in [2.75, 3.05) is 0 Å². The van der Waals surface area contributed by atoms with E-state index < -0.39 is 30.0 Å². The van der Waals surface area contributed by atoms with Gasteiger partial charge >= 0.3 is 13.2 Å². The number of pyridine rings is 1. The first-order valence-electron chi connectivity index (χ1n) is 11.1. The highest BCUT2D eigenvalue weighted by Gasteiger charge is 2.51. The third-order valence-corrected chi connectivity index (χ3v) is 6.00. The van der Waals surface area contributed by atoms with E-state index in [9.17, 15) is 4.79 Å². The molecule has 33 heavy (non-hydrogen) atoms. The molecule has 0 N–H and O–H groups in total. The Labute approximate surface area is 195 Å². The van der Waals surface area contributed by atoms with Crippen LogP contribution in [0.1, 0.15) is 48.5 Å². The van der Waals surface area contributed by atoms with Gasteiger partial charge in [0.25, 0.3) is 0 Å². The highest BCUT2D eigenvalue weighted by molar-refractivity contribution is 6.62. The summed E-state index contributed by atoms with van der Waals surface area (Å²) in [6.07, 6.45) is 4.58. The van der Waals surface area contributed by atoms with Crippen molar-refractivity contribution in [3.63, 3.8) is 0 Å². The van der Waals surface area contributed by atoms with Gasteiger partial charge in [-0.2, -0.15) is 9.78 Å². The molecule has 0 spiro atoms. The molecule has 1 saturated heterocycles. The standard InChI is InChI=1S/C25H30BN3O4/c1-23(2,3)31-22(30)29-16-20(21(28-29)18-12-14-27-15-13-18)17-8-10-19(11-9-17)26-32-24(4,5)25(6,7)33-26/h8-16H,1-7H3. The van der Waals surface area contributed by atoms with E-state index in [2.05, 4.69) is 10.1 Å². The van der Waals surface area contributed by atoms with Crippen LogP contribution in [0.2, 0.25) is 0 Å². The quantitative estimate of drug-likeness (QED) is 0.542. The van der Waals surface area contributed by atoms with E-state index in [4.69, 9.17) is 14.0 Å². The molecule has 172 valence electrons. The maximum absolute atomic E-state index is 12.7. The molecule has 3 heterocycles. The highest BCUT2D eigenvalue weighted by Crippen LogP contribution is 2.37. The molecule has 0 atom stereocenters. The molecular formula is C25H30BN3O4. The van der Waals surface area contributed by atoms with Gasteiger partial charge in [-0.15, -0.1) is 0 Å². The summed E-state index contributed by atoms with van der Waals surface area (Å²) < 4.78 is 19.1. The van der Waals surface area contributed by atoms with Crippen molar-refractivity contribution >= 4 is 18.7 Å². The molecule has 4 rings (SSSR count). The molecule has 0 unspecified atom stereocenters. The lowest BCUT2D eigenvalue weighted by Gasteiger charge is -2.32. The summed E-state index contributed by atoms with van der Waals surface area (Å²) in [5.74, 6) is 0. The summed E-state index contributed by atoms with van der Waals surface area (Å²) in [6.45, 7) is 13.6. The number of hydrogen-bond acceptors (Lipinski definition) is 6. The summed E-state index contributed by atoms with van der Waals surface area (Å²) in [4.78, 5) is 16.8. The smallest absolute Gasteiger partial charge is 0.442 e. The molecule has 1 fully saturated rings. The van der Waals surface area contributed by atoms with Crippen molar-refractivity contribution in [1.29, 1.82) is 0 Å². The minimum atomic E-state index is -0.621. The van der Waals surface area contributed by atoms with Gasteiger partial charge in [-0.05, 0) is 71.6 Å². The lowest BCUT2D eigenvalue weighted by atomic mass is 9.78. The van der Waals surface area contributed by atoms with Crippen molar-refractivity contribution < 1.29 is 18.8 Å². The zero-order chi connectivity index (χ0) is 24.0. The summed E-state index contributed by atoms with van der Waals surface area (Å²) >= 11 is 0. The van der Waals surface area contributed by atoms with Gasteiger partial charge < -0.3 is 14.0 Å². The second-order valence-electron chi connectivity index (χ2n) is 10.3. The number of benzene rings is 1. The van der Waals surface area contributed by atoms with E-state index in [1.165, 1.54) is 4.68 Å². The fourth-order valence-corrected chi connectivity index (χ4v) is 3.51. The topological polar surface area (TPSA) is 75.5 Å². The maximum atomic E-state index is 12.7. The largest absolute Gasteiger partial charge is 0.494 e. The summed E-state index contributed by atoms with van der Waals surface area (Å²) in [5.41, 5.74) is 2.76. The summed E-state index contributed by atoms with van der Waals surface area (Å²) in [6, 6.07) is 11.7. The first kappa shape index (κ1) is 23.2. The van der Waals surface area contributed by atoms with Crippen LogP contribution in [0, 0.1) is 0 Å². The van der Waals surface area contributed by atoms with Gasteiger partial charge in [0.1, 0.15) is 11.3 Å². The third-order valence-electron chi connectivity index (χ3n) is 6.00. The molecule has 1 aromatic carbocycles. The van der Waals surface area contributed by atoms with Crippen LogP contribution in [-0.2, 0) is 14.0 Å². The van der Waals surface area contributed by atoms with E-state index in [-0.39, 0.29) is 0 Å². The Morgan fingerprint density at radius 1 is 0.939 bits per heavy atom. The molecule has 0 amide bonds. The van der Waals surface area contributed by atoms with Crippen molar-refractivity contribution in [2.24, 2.45) is 0 Å². The van der Waals surface area contributed by atoms with Crippen LogP contribution in [0.15, 0.2) is 55.0 Å². The van der Waals surface area contributed by atoms with E-state index >= 15 is 0 Å². The molecule has 0 saturated carbocycles. The van der Waals surface area contributed by atoms with Crippen LogP contribution in [0.4, 0.5) is 4.79 Å². The zero-order valence-corrected chi connectivity index (χ0v) is 20.2. The first-order chi connectivity index (χ1) is 15.4. The SMILES string of the molecule is CC(C)(C)OC(=O)n1cc(-c2ccc(B3OC(C)(C)C(C)(C)O3)cc2)c(-c2ccncc2)n1. The summed E-state index contributed by atoms with van der Waals surface area (Å²) in [7, 11) is -0.437. The maximum Gasteiger partial charge on any atom is 0.494 e. The molecule has 3 aromatic rings. The van der Waals surface area contributed by atoms with Gasteiger partial charge in [0, 0.05) is 29.7 Å². The first-order valence-corrected chi connectivity index (χ1v) is 11.1. The van der Waals surface area contributed by atoms with Crippen molar-refractivity contribution in [2.45, 2.75) is 65.3 Å². The second-order valence-corrected chi connectivity index (χ2v) is 10.3. The van der Waals surface area contributed by atoms with Gasteiger partial charge in [-0.25, -0.2) is 4.79 Å². The lowest BCUT2D eigenvalue weighted by molar-refractivity contribution is 0.00578. The van der Waals surface area contributed by atoms with Gasteiger partial charge in [-0.1, -0.05) is 24.3 Å². The van der Waals surface area contributed by atoms with Crippen LogP contribution in [0.5, 0.6) is 0 Å². The van der Waals surface area contributed by atoms with Crippen molar-refractivity contribution in [1.82, 2.24) is 14.8 Å². The molecule has 0 aliphatic carbocycles. The monoisotopic (exact) mass is 447 g/mol. The number of aromatic nitrogens is 3. The zero-order valence-electron chi connectivity index (χ0n) is 20.2. The van der Waals surface area contributed by atoms with Gasteiger partial charge in [0.05, 0.1) is 11.2 Å². The Hall–Kier alpha value is -2.97. The molecular weight excluding hydrogens is 417 g/mol. The normalized spacial score (nSPS) is 17.2. The van der Waals surface area contributed by atoms with Crippen LogP contribution < -0.4 is 5.46 Å². The molecule has 1 aliphatic heterocycles. The van der Waals surface area contributed by atoms with Crippen LogP contribution in [0.3, 0.4) is 0 Å². The second kappa shape index (κ2) is 8.11. The molecule has 1 aliphatic rings. The minimum absolute atomic E-state index is 0.403. The Balaban J connectivity index is 1.69. The Kier molecular flexibility index (Phi) is 5.70. The molecule has 8 heteroatoms. The minimum Gasteiger partial charge on any atom is -0.442 e. The number of hydrogen-bond donors (Lipinski definition) is 0. The van der Waals surface area contributed by atoms with Gasteiger partial charge in [0.2, 0.25) is 0 Å². The average Bonchev–Trinajstić information content (AvgIpc) is 3.26. The van der Waals surface area contributed by atoms with E-state index in [0.29, 0.717) is 5.69 Å². The van der Waals surface area contributed by atoms with Gasteiger partial charge in [-0.3, -0.25) is 4.98 Å². The number of carbonyl (C=O) groups is 1. The number of ether oxygens (including phenoxy) is 1. The number of carbonyl (C=O) groups excluding carboxylic acids is 1. The van der Waals surface area contributed by atoms with Crippen LogP contribution in [-0.4, -0.2) is 44.8 Å². The predicted molar refractivity (Wildman–Crippen MR) is 128 cm³/mol. The molecule has 7 nitrogen and oxygen atoms in total. The van der Waals surface area contributed by atoms with E-state index in [1.807, 2.05) is 84.9 Å². The van der Waals surface area contributed by atoms with Crippen LogP contribution in [0.25, 0.3) is 22.4 Å². The Bertz CT molecular complexity index is 1130. The van der Waals surface area contributed by atoms with E-state index in [1.54, 1.807) is 18.6 Å². The number of nitrogens with zero attached hydrogens (tertiary/aromatic N) is 3. The fraction of sp³-hybridized carbons (Fsp3) is 0.400. The van der Waals surface area contributed by atoms with Gasteiger partial charge in [0.15, 0.2) is 0 Å². The molecule has 0 bridgehead atoms. The van der Waals surface area contributed by atoms with Crippen LogP contribution >= 0.6 is 0 Å². The van der Waals surface area contributed by atoms with Crippen molar-refractivity contribution in [3.8, 4) is 22.4 Å². The third kappa shape index (κ3) is 4.72. The fourth-order valence-electron chi connectivity index (χ4n) is 3.51. The Morgan fingerprint density at radius 3 is 2.06 bits per heavy atom. The lowest BCUT2D eigenvalue weighted by Crippen LogP contribution is -2.41.